The fourth-order valence-corrected chi connectivity index (χ4v) is 3.30. The van der Waals surface area contributed by atoms with Gasteiger partial charge in [0.05, 0.1) is 6.61 Å². The van der Waals surface area contributed by atoms with Crippen LogP contribution in [0.4, 0.5) is 0 Å². The maximum atomic E-state index is 12.3. The summed E-state index contributed by atoms with van der Waals surface area (Å²) in [5.74, 6) is -0.656. The Hall–Kier alpha value is -2.38. The van der Waals surface area contributed by atoms with Crippen molar-refractivity contribution in [1.82, 2.24) is 0 Å². The summed E-state index contributed by atoms with van der Waals surface area (Å²) in [5.41, 5.74) is 15.0. The van der Waals surface area contributed by atoms with Gasteiger partial charge in [-0.3, -0.25) is 9.59 Å². The average molecular weight is 354 g/mol. The zero-order valence-electron chi connectivity index (χ0n) is 14.3. The van der Waals surface area contributed by atoms with E-state index in [-0.39, 0.29) is 12.9 Å². The average Bonchev–Trinajstić information content (AvgIpc) is 2.72. The molecular formula is C20H22N2O4. The van der Waals surface area contributed by atoms with E-state index in [4.69, 9.17) is 20.9 Å². The lowest BCUT2D eigenvalue weighted by Crippen LogP contribution is -2.41. The number of nitrogens with two attached hydrogens (primary N) is 2. The predicted octanol–water partition coefficient (Wildman–Crippen LogP) is 1.57. The largest absolute Gasteiger partial charge is 0.367 e. The molecule has 3 unspecified atom stereocenters. The van der Waals surface area contributed by atoms with Crippen LogP contribution in [0, 0.1) is 0 Å². The Labute approximate surface area is 152 Å². The first-order valence-corrected chi connectivity index (χ1v) is 8.51. The molecule has 0 aliphatic carbocycles. The van der Waals surface area contributed by atoms with Crippen LogP contribution in [0.5, 0.6) is 0 Å². The van der Waals surface area contributed by atoms with Crippen molar-refractivity contribution in [3.05, 3.63) is 70.8 Å². The first kappa shape index (κ1) is 18.4. The summed E-state index contributed by atoms with van der Waals surface area (Å²) in [7, 11) is 0. The third-order valence-corrected chi connectivity index (χ3v) is 4.61. The summed E-state index contributed by atoms with van der Waals surface area (Å²) in [5, 5.41) is 0. The van der Waals surface area contributed by atoms with Gasteiger partial charge in [-0.05, 0) is 22.3 Å². The number of aldehydes is 1. The van der Waals surface area contributed by atoms with Gasteiger partial charge in [-0.15, -0.1) is 0 Å². The van der Waals surface area contributed by atoms with E-state index in [0.29, 0.717) is 13.1 Å². The molecule has 3 atom stereocenters. The van der Waals surface area contributed by atoms with Crippen LogP contribution in [0.15, 0.2) is 48.5 Å². The van der Waals surface area contributed by atoms with Crippen LogP contribution in [-0.4, -0.2) is 24.8 Å². The number of benzene rings is 2. The number of Topliss-reactive ketones (excluding diaryl/α,β-unsaturated/α-hetero) is 1. The molecule has 1 aliphatic heterocycles. The minimum absolute atomic E-state index is 0.253. The summed E-state index contributed by atoms with van der Waals surface area (Å²) in [4.78, 5) is 23.4. The molecule has 136 valence electrons. The Balaban J connectivity index is 1.93. The lowest BCUT2D eigenvalue weighted by Gasteiger charge is -2.36. The molecule has 3 rings (SSSR count). The van der Waals surface area contributed by atoms with Gasteiger partial charge >= 0.3 is 0 Å². The highest BCUT2D eigenvalue weighted by atomic mass is 16.6. The highest BCUT2D eigenvalue weighted by Crippen LogP contribution is 2.37. The van der Waals surface area contributed by atoms with Crippen LogP contribution in [-0.2, 0) is 32.2 Å². The minimum atomic E-state index is -1.02. The molecular weight excluding hydrogens is 332 g/mol. The van der Waals surface area contributed by atoms with Gasteiger partial charge in [0.25, 0.3) is 0 Å². The van der Waals surface area contributed by atoms with Crippen molar-refractivity contribution in [3.63, 3.8) is 0 Å². The molecule has 6 heteroatoms. The number of hydrogen-bond donors (Lipinski definition) is 2. The smallest absolute Gasteiger partial charge is 0.226 e. The number of hydrogen-bond acceptors (Lipinski definition) is 6. The minimum Gasteiger partial charge on any atom is -0.367 e. The van der Waals surface area contributed by atoms with Gasteiger partial charge in [0.2, 0.25) is 5.78 Å². The Morgan fingerprint density at radius 1 is 1.00 bits per heavy atom. The van der Waals surface area contributed by atoms with E-state index in [1.807, 2.05) is 48.5 Å². The molecule has 2 aromatic carbocycles. The van der Waals surface area contributed by atoms with Crippen LogP contribution in [0.3, 0.4) is 0 Å². The SMILES string of the molecule is NCc1ccccc1C1COC(c2ccccc2CN)C(C(=O)C=O)O1. The van der Waals surface area contributed by atoms with Crippen molar-refractivity contribution >= 4 is 12.1 Å². The number of ketones is 1. The van der Waals surface area contributed by atoms with Gasteiger partial charge in [0.15, 0.2) is 12.4 Å². The summed E-state index contributed by atoms with van der Waals surface area (Å²) in [6, 6.07) is 15.0. The second-order valence-corrected chi connectivity index (χ2v) is 6.13. The van der Waals surface area contributed by atoms with Crippen molar-refractivity contribution in [1.29, 1.82) is 0 Å². The van der Waals surface area contributed by atoms with E-state index in [1.165, 1.54) is 0 Å². The summed E-state index contributed by atoms with van der Waals surface area (Å²) in [6.07, 6.45) is -1.88. The van der Waals surface area contributed by atoms with E-state index >= 15 is 0 Å². The van der Waals surface area contributed by atoms with Crippen molar-refractivity contribution in [3.8, 4) is 0 Å². The maximum absolute atomic E-state index is 12.3. The Bertz CT molecular complexity index is 793. The Morgan fingerprint density at radius 2 is 1.58 bits per heavy atom. The van der Waals surface area contributed by atoms with E-state index in [1.54, 1.807) is 0 Å². The van der Waals surface area contributed by atoms with Crippen LogP contribution in [0.2, 0.25) is 0 Å². The Kier molecular flexibility index (Phi) is 5.90. The third-order valence-electron chi connectivity index (χ3n) is 4.61. The van der Waals surface area contributed by atoms with Gasteiger partial charge in [-0.25, -0.2) is 0 Å². The molecule has 1 saturated heterocycles. The zero-order valence-corrected chi connectivity index (χ0v) is 14.3. The second kappa shape index (κ2) is 8.33. The molecule has 0 radical (unpaired) electrons. The second-order valence-electron chi connectivity index (χ2n) is 6.13. The number of carbonyl (C=O) groups excluding carboxylic acids is 2. The lowest BCUT2D eigenvalue weighted by molar-refractivity contribution is -0.190. The molecule has 26 heavy (non-hydrogen) atoms. The fraction of sp³-hybridized carbons (Fsp3) is 0.300. The highest BCUT2D eigenvalue weighted by Gasteiger charge is 2.39. The van der Waals surface area contributed by atoms with E-state index in [2.05, 4.69) is 0 Å². The summed E-state index contributed by atoms with van der Waals surface area (Å²) < 4.78 is 12.0. The van der Waals surface area contributed by atoms with Crippen LogP contribution < -0.4 is 11.5 Å². The van der Waals surface area contributed by atoms with Crippen molar-refractivity contribution in [2.45, 2.75) is 31.4 Å². The summed E-state index contributed by atoms with van der Waals surface area (Å²) >= 11 is 0. The van der Waals surface area contributed by atoms with Crippen LogP contribution in [0.25, 0.3) is 0 Å². The van der Waals surface area contributed by atoms with Gasteiger partial charge < -0.3 is 20.9 Å². The summed E-state index contributed by atoms with van der Waals surface area (Å²) in [6.45, 7) is 0.905. The molecule has 0 spiro atoms. The lowest BCUT2D eigenvalue weighted by atomic mass is 9.94. The number of carbonyl (C=O) groups is 2. The molecule has 0 aromatic heterocycles. The third kappa shape index (κ3) is 3.59. The van der Waals surface area contributed by atoms with Gasteiger partial charge in [0, 0.05) is 13.1 Å². The molecule has 1 aliphatic rings. The molecule has 2 aromatic rings. The molecule has 1 heterocycles. The van der Waals surface area contributed by atoms with Gasteiger partial charge in [-0.1, -0.05) is 48.5 Å². The molecule has 0 bridgehead atoms. The highest BCUT2D eigenvalue weighted by molar-refractivity contribution is 6.27. The predicted molar refractivity (Wildman–Crippen MR) is 96.0 cm³/mol. The Morgan fingerprint density at radius 3 is 2.19 bits per heavy atom. The van der Waals surface area contributed by atoms with E-state index < -0.39 is 24.1 Å². The first-order valence-electron chi connectivity index (χ1n) is 8.51. The topological polar surface area (TPSA) is 105 Å². The fourth-order valence-electron chi connectivity index (χ4n) is 3.30. The molecule has 0 saturated carbocycles. The van der Waals surface area contributed by atoms with Crippen LogP contribution >= 0.6 is 0 Å². The van der Waals surface area contributed by atoms with E-state index in [9.17, 15) is 9.59 Å². The van der Waals surface area contributed by atoms with Crippen molar-refractivity contribution in [2.75, 3.05) is 6.61 Å². The molecule has 0 amide bonds. The van der Waals surface area contributed by atoms with Crippen LogP contribution in [0.1, 0.15) is 34.5 Å². The number of ether oxygens (including phenoxy) is 2. The maximum Gasteiger partial charge on any atom is 0.226 e. The first-order chi connectivity index (χ1) is 12.7. The van der Waals surface area contributed by atoms with Gasteiger partial charge in [-0.2, -0.15) is 0 Å². The molecule has 4 N–H and O–H groups in total. The quantitative estimate of drug-likeness (QED) is 0.603. The normalized spacial score (nSPS) is 22.8. The van der Waals surface area contributed by atoms with Crippen molar-refractivity contribution in [2.24, 2.45) is 11.5 Å². The standard InChI is InChI=1S/C20H22N2O4/c21-9-13-5-1-3-7-15(13)18-12-25-19(20(26-18)17(24)11-23)16-8-4-2-6-14(16)10-22/h1-8,11,18-20H,9-10,12,21-22H2. The molecule has 6 nitrogen and oxygen atoms in total. The zero-order chi connectivity index (χ0) is 18.5. The van der Waals surface area contributed by atoms with Gasteiger partial charge in [0.1, 0.15) is 12.2 Å². The number of rotatable bonds is 6. The molecule has 1 fully saturated rings. The van der Waals surface area contributed by atoms with Crippen molar-refractivity contribution < 1.29 is 19.1 Å². The monoisotopic (exact) mass is 354 g/mol. The van der Waals surface area contributed by atoms with E-state index in [0.717, 1.165) is 22.3 Å².